The summed E-state index contributed by atoms with van der Waals surface area (Å²) in [4.78, 5) is 17.1. The van der Waals surface area contributed by atoms with Crippen molar-refractivity contribution >= 4 is 16.8 Å². The van der Waals surface area contributed by atoms with Crippen LogP contribution in [-0.2, 0) is 17.9 Å². The second-order valence-electron chi connectivity index (χ2n) is 6.88. The average Bonchev–Trinajstić information content (AvgIpc) is 3.19. The largest absolute Gasteiger partial charge is 0.348 e. The number of carbonyl (C=O) groups excluding carboxylic acids is 1. The van der Waals surface area contributed by atoms with Gasteiger partial charge in [0.2, 0.25) is 5.91 Å². The molecule has 2 atom stereocenters. The van der Waals surface area contributed by atoms with E-state index in [1.165, 1.54) is 16.5 Å². The minimum atomic E-state index is -0.00660. The Morgan fingerprint density at radius 1 is 1.26 bits per heavy atom. The fraction of sp³-hybridized carbons (Fsp3) is 0.526. The molecule has 4 heteroatoms. The molecule has 0 bridgehead atoms. The van der Waals surface area contributed by atoms with E-state index >= 15 is 0 Å². The normalized spacial score (nSPS) is 25.3. The molecule has 2 aliphatic rings. The lowest BCUT2D eigenvalue weighted by Gasteiger charge is -2.41. The molecule has 0 spiro atoms. The molecule has 4 nitrogen and oxygen atoms in total. The van der Waals surface area contributed by atoms with Crippen molar-refractivity contribution < 1.29 is 4.79 Å². The van der Waals surface area contributed by atoms with Crippen LogP contribution in [0.1, 0.15) is 32.3 Å². The van der Waals surface area contributed by atoms with E-state index in [-0.39, 0.29) is 6.04 Å². The number of piperazine rings is 1. The summed E-state index contributed by atoms with van der Waals surface area (Å²) >= 11 is 0. The standard InChI is InChI=1S/C19H25N3O/c1-3-20-11-9-17-15(6-4-8-18(17)20)12-21-13-16-7-5-10-22(16)19(23)14(21)2/h4,6,8-9,11,14,16H,3,5,7,10,12-13H2,1-2H3/t14-,16+/m1/s1. The number of aromatic nitrogens is 1. The molecule has 1 amide bonds. The van der Waals surface area contributed by atoms with Crippen molar-refractivity contribution in [2.24, 2.45) is 0 Å². The molecule has 3 heterocycles. The van der Waals surface area contributed by atoms with Gasteiger partial charge < -0.3 is 9.47 Å². The van der Waals surface area contributed by atoms with Crippen LogP contribution in [0.5, 0.6) is 0 Å². The molecule has 23 heavy (non-hydrogen) atoms. The Morgan fingerprint density at radius 2 is 2.13 bits per heavy atom. The van der Waals surface area contributed by atoms with Gasteiger partial charge in [0.25, 0.3) is 0 Å². The predicted molar refractivity (Wildman–Crippen MR) is 92.2 cm³/mol. The summed E-state index contributed by atoms with van der Waals surface area (Å²) < 4.78 is 2.28. The molecule has 0 radical (unpaired) electrons. The summed E-state index contributed by atoms with van der Waals surface area (Å²) in [5.41, 5.74) is 2.63. The Kier molecular flexibility index (Phi) is 3.64. The van der Waals surface area contributed by atoms with Gasteiger partial charge in [0.05, 0.1) is 6.04 Å². The number of hydrogen-bond acceptors (Lipinski definition) is 2. The van der Waals surface area contributed by atoms with Crippen LogP contribution >= 0.6 is 0 Å². The Bertz CT molecular complexity index is 735. The second-order valence-corrected chi connectivity index (χ2v) is 6.88. The first-order chi connectivity index (χ1) is 11.2. The number of carbonyl (C=O) groups is 1. The molecule has 2 aromatic rings. The van der Waals surface area contributed by atoms with Crippen molar-refractivity contribution in [2.75, 3.05) is 13.1 Å². The molecule has 0 N–H and O–H groups in total. The van der Waals surface area contributed by atoms with E-state index in [2.05, 4.69) is 58.7 Å². The van der Waals surface area contributed by atoms with Crippen molar-refractivity contribution in [1.82, 2.24) is 14.4 Å². The van der Waals surface area contributed by atoms with E-state index < -0.39 is 0 Å². The SMILES string of the molecule is CCn1ccc2c(CN3C[C@@H]4CCCN4C(=O)[C@H]3C)cccc21. The maximum absolute atomic E-state index is 12.6. The third-order valence-electron chi connectivity index (χ3n) is 5.63. The van der Waals surface area contributed by atoms with Gasteiger partial charge in [-0.1, -0.05) is 12.1 Å². The highest BCUT2D eigenvalue weighted by atomic mass is 16.2. The van der Waals surface area contributed by atoms with Gasteiger partial charge in [-0.15, -0.1) is 0 Å². The van der Waals surface area contributed by atoms with Crippen molar-refractivity contribution in [3.63, 3.8) is 0 Å². The number of fused-ring (bicyclic) bond motifs is 2. The van der Waals surface area contributed by atoms with Crippen LogP contribution in [-0.4, -0.2) is 45.4 Å². The lowest BCUT2D eigenvalue weighted by atomic mass is 10.0. The summed E-state index contributed by atoms with van der Waals surface area (Å²) in [5, 5.41) is 1.32. The van der Waals surface area contributed by atoms with Crippen molar-refractivity contribution in [3.8, 4) is 0 Å². The molecule has 4 rings (SSSR count). The highest BCUT2D eigenvalue weighted by Gasteiger charge is 2.40. The summed E-state index contributed by atoms with van der Waals surface area (Å²) in [6.45, 7) is 8.06. The van der Waals surface area contributed by atoms with E-state index in [4.69, 9.17) is 0 Å². The first-order valence-corrected chi connectivity index (χ1v) is 8.80. The van der Waals surface area contributed by atoms with Crippen molar-refractivity contribution in [3.05, 3.63) is 36.0 Å². The maximum Gasteiger partial charge on any atom is 0.239 e. The van der Waals surface area contributed by atoms with E-state index in [9.17, 15) is 4.79 Å². The number of rotatable bonds is 3. The first kappa shape index (κ1) is 14.8. The minimum Gasteiger partial charge on any atom is -0.348 e. The smallest absolute Gasteiger partial charge is 0.239 e. The van der Waals surface area contributed by atoms with Crippen LogP contribution < -0.4 is 0 Å². The van der Waals surface area contributed by atoms with E-state index in [0.29, 0.717) is 11.9 Å². The lowest BCUT2D eigenvalue weighted by Crippen LogP contribution is -2.58. The van der Waals surface area contributed by atoms with Gasteiger partial charge in [0.1, 0.15) is 0 Å². The second kappa shape index (κ2) is 5.68. The molecule has 0 aliphatic carbocycles. The molecular weight excluding hydrogens is 286 g/mol. The van der Waals surface area contributed by atoms with Gasteiger partial charge in [0.15, 0.2) is 0 Å². The summed E-state index contributed by atoms with van der Waals surface area (Å²) in [7, 11) is 0. The molecule has 2 saturated heterocycles. The molecule has 1 aromatic heterocycles. The summed E-state index contributed by atoms with van der Waals surface area (Å²) in [6, 6.07) is 9.17. The van der Waals surface area contributed by atoms with Crippen LogP contribution in [0.15, 0.2) is 30.5 Å². The van der Waals surface area contributed by atoms with E-state index in [1.807, 2.05) is 0 Å². The van der Waals surface area contributed by atoms with Gasteiger partial charge in [-0.05, 0) is 44.4 Å². The highest BCUT2D eigenvalue weighted by molar-refractivity contribution is 5.85. The molecule has 122 valence electrons. The van der Waals surface area contributed by atoms with Gasteiger partial charge in [-0.3, -0.25) is 9.69 Å². The van der Waals surface area contributed by atoms with Crippen LogP contribution in [0.25, 0.3) is 10.9 Å². The average molecular weight is 311 g/mol. The van der Waals surface area contributed by atoms with Crippen molar-refractivity contribution in [2.45, 2.75) is 51.9 Å². The Morgan fingerprint density at radius 3 is 2.96 bits per heavy atom. The Balaban J connectivity index is 1.62. The van der Waals surface area contributed by atoms with Crippen LogP contribution in [0.4, 0.5) is 0 Å². The molecule has 0 saturated carbocycles. The predicted octanol–water partition coefficient (Wildman–Crippen LogP) is 2.86. The van der Waals surface area contributed by atoms with Crippen LogP contribution in [0.3, 0.4) is 0 Å². The minimum absolute atomic E-state index is 0.00660. The number of aryl methyl sites for hydroxylation is 1. The number of benzene rings is 1. The lowest BCUT2D eigenvalue weighted by molar-refractivity contribution is -0.143. The quantitative estimate of drug-likeness (QED) is 0.872. The van der Waals surface area contributed by atoms with E-state index in [0.717, 1.165) is 39.0 Å². The Labute approximate surface area is 137 Å². The maximum atomic E-state index is 12.6. The van der Waals surface area contributed by atoms with Gasteiger partial charge in [-0.25, -0.2) is 0 Å². The van der Waals surface area contributed by atoms with Gasteiger partial charge >= 0.3 is 0 Å². The van der Waals surface area contributed by atoms with Crippen molar-refractivity contribution in [1.29, 1.82) is 0 Å². The highest BCUT2D eigenvalue weighted by Crippen LogP contribution is 2.28. The fourth-order valence-corrected chi connectivity index (χ4v) is 4.26. The zero-order valence-electron chi connectivity index (χ0n) is 14.0. The topological polar surface area (TPSA) is 28.5 Å². The van der Waals surface area contributed by atoms with Crippen LogP contribution in [0, 0.1) is 0 Å². The third kappa shape index (κ3) is 2.36. The summed E-state index contributed by atoms with van der Waals surface area (Å²) in [6.07, 6.45) is 4.48. The number of nitrogens with zero attached hydrogens (tertiary/aromatic N) is 3. The van der Waals surface area contributed by atoms with E-state index in [1.54, 1.807) is 0 Å². The fourth-order valence-electron chi connectivity index (χ4n) is 4.26. The van der Waals surface area contributed by atoms with Crippen LogP contribution in [0.2, 0.25) is 0 Å². The first-order valence-electron chi connectivity index (χ1n) is 8.80. The molecule has 2 fully saturated rings. The number of amides is 1. The molecule has 1 aromatic carbocycles. The number of hydrogen-bond donors (Lipinski definition) is 0. The Hall–Kier alpha value is -1.81. The molecule has 2 aliphatic heterocycles. The monoisotopic (exact) mass is 311 g/mol. The van der Waals surface area contributed by atoms with Gasteiger partial charge in [-0.2, -0.15) is 0 Å². The molecular formula is C19H25N3O. The summed E-state index contributed by atoms with van der Waals surface area (Å²) in [5.74, 6) is 0.317. The molecule has 0 unspecified atom stereocenters. The van der Waals surface area contributed by atoms with Gasteiger partial charge in [0, 0.05) is 49.3 Å². The zero-order chi connectivity index (χ0) is 16.0. The third-order valence-corrected chi connectivity index (χ3v) is 5.63. The zero-order valence-corrected chi connectivity index (χ0v) is 14.0.